The minimum Gasteiger partial charge on any atom is -0.381 e. The van der Waals surface area contributed by atoms with Crippen LogP contribution in [0.25, 0.3) is 11.0 Å². The second-order valence-corrected chi connectivity index (χ2v) is 3.57. The summed E-state index contributed by atoms with van der Waals surface area (Å²) < 4.78 is 5.23. The van der Waals surface area contributed by atoms with Crippen LogP contribution in [0.2, 0.25) is 0 Å². The van der Waals surface area contributed by atoms with Gasteiger partial charge in [-0.05, 0) is 19.1 Å². The van der Waals surface area contributed by atoms with Crippen molar-refractivity contribution in [1.82, 2.24) is 9.97 Å². The number of rotatable bonds is 5. The Bertz CT molecular complexity index is 501. The van der Waals surface area contributed by atoms with Crippen LogP contribution in [0.4, 0.5) is 11.6 Å². The first kappa shape index (κ1) is 11.6. The van der Waals surface area contributed by atoms with Gasteiger partial charge in [-0.15, -0.1) is 0 Å². The van der Waals surface area contributed by atoms with Crippen LogP contribution in [0, 0.1) is 0 Å². The van der Waals surface area contributed by atoms with Crippen molar-refractivity contribution < 1.29 is 4.74 Å². The fourth-order valence-corrected chi connectivity index (χ4v) is 1.53. The molecule has 17 heavy (non-hydrogen) atoms. The van der Waals surface area contributed by atoms with Gasteiger partial charge < -0.3 is 15.8 Å². The number of ether oxygens (including phenoxy) is 1. The summed E-state index contributed by atoms with van der Waals surface area (Å²) in [5.74, 6) is 1.03. The van der Waals surface area contributed by atoms with Crippen LogP contribution < -0.4 is 11.1 Å². The fraction of sp³-hybridized carbons (Fsp3) is 0.333. The molecule has 0 atom stereocenters. The highest BCUT2D eigenvalue weighted by Gasteiger charge is 2.04. The standard InChI is InChI=1S/C12H16N4O/c1-2-17-8-7-14-12-11(13)15-9-5-3-4-6-10(9)16-12/h3-6H,2,7-8H2,1H3,(H2,13,15)(H,14,16). The quantitative estimate of drug-likeness (QED) is 0.767. The van der Waals surface area contributed by atoms with Gasteiger partial charge in [-0.3, -0.25) is 0 Å². The molecular formula is C12H16N4O. The van der Waals surface area contributed by atoms with Crippen molar-refractivity contribution in [3.05, 3.63) is 24.3 Å². The number of aromatic nitrogens is 2. The number of benzene rings is 1. The highest BCUT2D eigenvalue weighted by molar-refractivity contribution is 5.79. The smallest absolute Gasteiger partial charge is 0.169 e. The zero-order chi connectivity index (χ0) is 12.1. The van der Waals surface area contributed by atoms with Gasteiger partial charge in [0.25, 0.3) is 0 Å². The van der Waals surface area contributed by atoms with Gasteiger partial charge in [-0.2, -0.15) is 0 Å². The lowest BCUT2D eigenvalue weighted by molar-refractivity contribution is 0.158. The SMILES string of the molecule is CCOCCNc1nc2ccccc2nc1N. The number of hydrogen-bond donors (Lipinski definition) is 2. The molecule has 0 radical (unpaired) electrons. The first-order valence-corrected chi connectivity index (χ1v) is 5.65. The Morgan fingerprint density at radius 3 is 2.65 bits per heavy atom. The normalized spacial score (nSPS) is 10.6. The zero-order valence-electron chi connectivity index (χ0n) is 9.81. The molecule has 0 saturated heterocycles. The van der Waals surface area contributed by atoms with E-state index in [2.05, 4.69) is 15.3 Å². The van der Waals surface area contributed by atoms with Gasteiger partial charge in [0.1, 0.15) is 0 Å². The van der Waals surface area contributed by atoms with Crippen LogP contribution in [0.3, 0.4) is 0 Å². The maximum Gasteiger partial charge on any atom is 0.169 e. The monoisotopic (exact) mass is 232 g/mol. The van der Waals surface area contributed by atoms with E-state index in [0.29, 0.717) is 31.4 Å². The molecule has 0 bridgehead atoms. The van der Waals surface area contributed by atoms with Gasteiger partial charge in [0.15, 0.2) is 11.6 Å². The maximum atomic E-state index is 5.82. The number of nitrogens with one attached hydrogen (secondary N) is 1. The average molecular weight is 232 g/mol. The molecule has 0 aliphatic heterocycles. The van der Waals surface area contributed by atoms with Gasteiger partial charge in [0.2, 0.25) is 0 Å². The number of para-hydroxylation sites is 2. The molecular weight excluding hydrogens is 216 g/mol. The summed E-state index contributed by atoms with van der Waals surface area (Å²) in [6, 6.07) is 7.65. The third-order valence-electron chi connectivity index (χ3n) is 2.34. The van der Waals surface area contributed by atoms with E-state index in [1.54, 1.807) is 0 Å². The van der Waals surface area contributed by atoms with Crippen LogP contribution in [0.1, 0.15) is 6.92 Å². The maximum absolute atomic E-state index is 5.82. The van der Waals surface area contributed by atoms with E-state index >= 15 is 0 Å². The highest BCUT2D eigenvalue weighted by Crippen LogP contribution is 2.17. The molecule has 0 unspecified atom stereocenters. The summed E-state index contributed by atoms with van der Waals surface area (Å²) in [6.45, 7) is 3.97. The zero-order valence-corrected chi connectivity index (χ0v) is 9.81. The summed E-state index contributed by atoms with van der Waals surface area (Å²) in [4.78, 5) is 8.70. The topological polar surface area (TPSA) is 73.1 Å². The van der Waals surface area contributed by atoms with Crippen molar-refractivity contribution in [2.75, 3.05) is 30.8 Å². The number of nitrogens with zero attached hydrogens (tertiary/aromatic N) is 2. The lowest BCUT2D eigenvalue weighted by atomic mass is 10.3. The van der Waals surface area contributed by atoms with Gasteiger partial charge in [0, 0.05) is 13.2 Å². The third kappa shape index (κ3) is 2.82. The number of fused-ring (bicyclic) bond motifs is 1. The van der Waals surface area contributed by atoms with Gasteiger partial charge in [-0.1, -0.05) is 12.1 Å². The predicted molar refractivity (Wildman–Crippen MR) is 68.9 cm³/mol. The molecule has 0 aliphatic carbocycles. The van der Waals surface area contributed by atoms with E-state index in [0.717, 1.165) is 11.0 Å². The number of nitrogens with two attached hydrogens (primary N) is 1. The van der Waals surface area contributed by atoms with E-state index < -0.39 is 0 Å². The number of hydrogen-bond acceptors (Lipinski definition) is 5. The van der Waals surface area contributed by atoms with Crippen molar-refractivity contribution in [1.29, 1.82) is 0 Å². The number of nitrogen functional groups attached to an aromatic ring is 1. The van der Waals surface area contributed by atoms with E-state index in [-0.39, 0.29) is 0 Å². The first-order valence-electron chi connectivity index (χ1n) is 5.65. The predicted octanol–water partition coefficient (Wildman–Crippen LogP) is 1.66. The van der Waals surface area contributed by atoms with Crippen LogP contribution in [-0.2, 0) is 4.74 Å². The van der Waals surface area contributed by atoms with Gasteiger partial charge in [0.05, 0.1) is 17.6 Å². The summed E-state index contributed by atoms with van der Waals surface area (Å²) in [7, 11) is 0. The molecule has 2 rings (SSSR count). The van der Waals surface area contributed by atoms with E-state index in [1.807, 2.05) is 31.2 Å². The van der Waals surface area contributed by atoms with Crippen LogP contribution in [0.5, 0.6) is 0 Å². The van der Waals surface area contributed by atoms with Crippen LogP contribution in [0.15, 0.2) is 24.3 Å². The second kappa shape index (κ2) is 5.45. The minimum absolute atomic E-state index is 0.417. The fourth-order valence-electron chi connectivity index (χ4n) is 1.53. The molecule has 1 heterocycles. The Hall–Kier alpha value is -1.88. The molecule has 0 amide bonds. The molecule has 5 nitrogen and oxygen atoms in total. The van der Waals surface area contributed by atoms with E-state index in [4.69, 9.17) is 10.5 Å². The van der Waals surface area contributed by atoms with Crippen LogP contribution in [-0.4, -0.2) is 29.7 Å². The van der Waals surface area contributed by atoms with Crippen molar-refractivity contribution in [3.63, 3.8) is 0 Å². The second-order valence-electron chi connectivity index (χ2n) is 3.57. The third-order valence-corrected chi connectivity index (χ3v) is 2.34. The largest absolute Gasteiger partial charge is 0.381 e. The first-order chi connectivity index (χ1) is 8.31. The van der Waals surface area contributed by atoms with Crippen molar-refractivity contribution in [2.24, 2.45) is 0 Å². The summed E-state index contributed by atoms with van der Waals surface area (Å²) >= 11 is 0. The molecule has 0 saturated carbocycles. The van der Waals surface area contributed by atoms with Crippen LogP contribution >= 0.6 is 0 Å². The summed E-state index contributed by atoms with van der Waals surface area (Å²) in [5, 5.41) is 3.12. The summed E-state index contributed by atoms with van der Waals surface area (Å²) in [6.07, 6.45) is 0. The Morgan fingerprint density at radius 2 is 1.94 bits per heavy atom. The molecule has 1 aromatic heterocycles. The molecule has 3 N–H and O–H groups in total. The minimum atomic E-state index is 0.417. The Morgan fingerprint density at radius 1 is 1.24 bits per heavy atom. The highest BCUT2D eigenvalue weighted by atomic mass is 16.5. The Labute approximate surface area is 100 Å². The summed E-state index contributed by atoms with van der Waals surface area (Å²) in [5.41, 5.74) is 7.46. The van der Waals surface area contributed by atoms with Gasteiger partial charge >= 0.3 is 0 Å². The molecule has 1 aromatic carbocycles. The molecule has 0 spiro atoms. The lowest BCUT2D eigenvalue weighted by Gasteiger charge is -2.08. The molecule has 90 valence electrons. The van der Waals surface area contributed by atoms with E-state index in [9.17, 15) is 0 Å². The van der Waals surface area contributed by atoms with Gasteiger partial charge in [-0.25, -0.2) is 9.97 Å². The Kier molecular flexibility index (Phi) is 3.72. The number of anilines is 2. The average Bonchev–Trinajstić information content (AvgIpc) is 2.35. The molecule has 5 heteroatoms. The van der Waals surface area contributed by atoms with Crippen molar-refractivity contribution >= 4 is 22.7 Å². The van der Waals surface area contributed by atoms with E-state index in [1.165, 1.54) is 0 Å². The lowest BCUT2D eigenvalue weighted by Crippen LogP contribution is -2.12. The molecule has 2 aromatic rings. The Balaban J connectivity index is 2.14. The molecule has 0 aliphatic rings. The molecule has 0 fully saturated rings. The van der Waals surface area contributed by atoms with Crippen molar-refractivity contribution in [3.8, 4) is 0 Å². The van der Waals surface area contributed by atoms with Crippen molar-refractivity contribution in [2.45, 2.75) is 6.92 Å².